The molecule has 4 nitrogen and oxygen atoms in total. The molecular weight excluding hydrogens is 276 g/mol. The Balaban J connectivity index is 2.23. The van der Waals surface area contributed by atoms with Crippen molar-refractivity contribution >= 4 is 22.6 Å². The number of aromatic amines is 1. The number of hydrogen-bond donors (Lipinski definition) is 1. The second-order valence-corrected chi connectivity index (χ2v) is 4.67. The van der Waals surface area contributed by atoms with E-state index >= 15 is 0 Å². The van der Waals surface area contributed by atoms with Crippen LogP contribution in [0.3, 0.4) is 0 Å². The van der Waals surface area contributed by atoms with Crippen LogP contribution in [0.4, 0.5) is 0 Å². The third kappa shape index (κ3) is 1.98. The minimum absolute atomic E-state index is 0.617. The number of hydrogen-bond acceptors (Lipinski definition) is 3. The molecule has 0 spiro atoms. The number of fused-ring (bicyclic) bond motifs is 1. The van der Waals surface area contributed by atoms with Crippen LogP contribution in [0.1, 0.15) is 0 Å². The Hall–Kier alpha value is -2.20. The van der Waals surface area contributed by atoms with Gasteiger partial charge in [0, 0.05) is 0 Å². The quantitative estimate of drug-likeness (QED) is 0.795. The zero-order valence-electron chi connectivity index (χ0n) is 11.1. The number of aromatic nitrogens is 2. The molecule has 0 aliphatic heterocycles. The predicted octanol–water partition coefficient (Wildman–Crippen LogP) is 3.90. The molecule has 0 saturated carbocycles. The van der Waals surface area contributed by atoms with Gasteiger partial charge in [0.05, 0.1) is 30.3 Å². The molecule has 0 amide bonds. The highest BCUT2D eigenvalue weighted by Crippen LogP contribution is 2.37. The van der Waals surface area contributed by atoms with Crippen molar-refractivity contribution in [2.75, 3.05) is 14.2 Å². The molecule has 5 heteroatoms. The molecule has 0 saturated heterocycles. The van der Waals surface area contributed by atoms with Gasteiger partial charge in [0.1, 0.15) is 11.3 Å². The molecule has 1 heterocycles. The first-order chi connectivity index (χ1) is 9.74. The zero-order valence-corrected chi connectivity index (χ0v) is 11.9. The first-order valence-corrected chi connectivity index (χ1v) is 6.48. The van der Waals surface area contributed by atoms with Crippen LogP contribution in [0.5, 0.6) is 11.5 Å². The molecule has 0 unspecified atom stereocenters. The number of ether oxygens (including phenoxy) is 2. The molecule has 2 aromatic carbocycles. The summed E-state index contributed by atoms with van der Waals surface area (Å²) in [6.45, 7) is 0. The van der Waals surface area contributed by atoms with Gasteiger partial charge < -0.3 is 14.5 Å². The minimum atomic E-state index is 0.617. The Bertz CT molecular complexity index is 768. The summed E-state index contributed by atoms with van der Waals surface area (Å²) in [5.74, 6) is 2.01. The highest BCUT2D eigenvalue weighted by Gasteiger charge is 2.15. The third-order valence-corrected chi connectivity index (χ3v) is 3.43. The van der Waals surface area contributed by atoms with Crippen molar-refractivity contribution < 1.29 is 9.47 Å². The van der Waals surface area contributed by atoms with E-state index in [9.17, 15) is 0 Å². The lowest BCUT2D eigenvalue weighted by Crippen LogP contribution is -1.93. The van der Waals surface area contributed by atoms with E-state index in [1.54, 1.807) is 14.2 Å². The van der Waals surface area contributed by atoms with E-state index < -0.39 is 0 Å². The number of H-pyrrole nitrogens is 1. The molecule has 0 fully saturated rings. The third-order valence-electron chi connectivity index (χ3n) is 3.12. The summed E-state index contributed by atoms with van der Waals surface area (Å²) in [6.07, 6.45) is 0. The Morgan fingerprint density at radius 1 is 1.05 bits per heavy atom. The van der Waals surface area contributed by atoms with Crippen molar-refractivity contribution in [1.82, 2.24) is 9.97 Å². The molecule has 20 heavy (non-hydrogen) atoms. The van der Waals surface area contributed by atoms with Gasteiger partial charge in [-0.05, 0) is 24.3 Å². The SMILES string of the molecule is COc1cccc(-c2nc3c(Cl)cccc3[nH]2)c1OC. The average molecular weight is 289 g/mol. The summed E-state index contributed by atoms with van der Waals surface area (Å²) >= 11 is 6.15. The Labute approximate surface area is 121 Å². The lowest BCUT2D eigenvalue weighted by atomic mass is 10.1. The summed E-state index contributed by atoms with van der Waals surface area (Å²) in [4.78, 5) is 7.79. The van der Waals surface area contributed by atoms with Crippen LogP contribution in [0.2, 0.25) is 5.02 Å². The minimum Gasteiger partial charge on any atom is -0.493 e. The van der Waals surface area contributed by atoms with Gasteiger partial charge in [-0.15, -0.1) is 0 Å². The lowest BCUT2D eigenvalue weighted by molar-refractivity contribution is 0.356. The first kappa shape index (κ1) is 12.8. The summed E-state index contributed by atoms with van der Waals surface area (Å²) in [7, 11) is 3.22. The maximum atomic E-state index is 6.15. The molecule has 0 aliphatic carbocycles. The van der Waals surface area contributed by atoms with E-state index in [1.807, 2.05) is 36.4 Å². The lowest BCUT2D eigenvalue weighted by Gasteiger charge is -2.10. The van der Waals surface area contributed by atoms with Crippen LogP contribution in [0.25, 0.3) is 22.4 Å². The Morgan fingerprint density at radius 3 is 2.55 bits per heavy atom. The summed E-state index contributed by atoms with van der Waals surface area (Å²) in [5.41, 5.74) is 2.46. The fraction of sp³-hybridized carbons (Fsp3) is 0.133. The summed E-state index contributed by atoms with van der Waals surface area (Å²) in [6, 6.07) is 11.3. The molecular formula is C15H13ClN2O2. The van der Waals surface area contributed by atoms with Crippen LogP contribution < -0.4 is 9.47 Å². The van der Waals surface area contributed by atoms with Crippen LogP contribution >= 0.6 is 11.6 Å². The smallest absolute Gasteiger partial charge is 0.171 e. The molecule has 1 aromatic heterocycles. The van der Waals surface area contributed by atoms with Gasteiger partial charge in [0.2, 0.25) is 0 Å². The van der Waals surface area contributed by atoms with E-state index in [2.05, 4.69) is 9.97 Å². The Morgan fingerprint density at radius 2 is 1.85 bits per heavy atom. The average Bonchev–Trinajstić information content (AvgIpc) is 2.91. The van der Waals surface area contributed by atoms with Crippen LogP contribution in [0.15, 0.2) is 36.4 Å². The molecule has 0 bridgehead atoms. The van der Waals surface area contributed by atoms with Gasteiger partial charge in [-0.25, -0.2) is 4.98 Å². The molecule has 0 aliphatic rings. The van der Waals surface area contributed by atoms with Crippen molar-refractivity contribution in [2.45, 2.75) is 0 Å². The second-order valence-electron chi connectivity index (χ2n) is 4.26. The first-order valence-electron chi connectivity index (χ1n) is 6.10. The van der Waals surface area contributed by atoms with Crippen LogP contribution in [0, 0.1) is 0 Å². The molecule has 3 aromatic rings. The fourth-order valence-corrected chi connectivity index (χ4v) is 2.42. The van der Waals surface area contributed by atoms with E-state index in [-0.39, 0.29) is 0 Å². The van der Waals surface area contributed by atoms with Gasteiger partial charge in [0.25, 0.3) is 0 Å². The maximum Gasteiger partial charge on any atom is 0.171 e. The van der Waals surface area contributed by atoms with Gasteiger partial charge >= 0.3 is 0 Å². The number of rotatable bonds is 3. The molecule has 1 N–H and O–H groups in total. The molecule has 3 rings (SSSR count). The largest absolute Gasteiger partial charge is 0.493 e. The van der Waals surface area contributed by atoms with Crippen molar-refractivity contribution in [1.29, 1.82) is 0 Å². The monoisotopic (exact) mass is 288 g/mol. The zero-order chi connectivity index (χ0) is 14.1. The second kappa shape index (κ2) is 5.06. The standard InChI is InChI=1S/C15H13ClN2O2/c1-19-12-8-3-5-9(14(12)20-2)15-17-11-7-4-6-10(16)13(11)18-15/h3-8H,1-2H3,(H,17,18). The highest BCUT2D eigenvalue weighted by molar-refractivity contribution is 6.35. The van der Waals surface area contributed by atoms with Crippen LogP contribution in [-0.2, 0) is 0 Å². The molecule has 0 radical (unpaired) electrons. The number of nitrogens with zero attached hydrogens (tertiary/aromatic N) is 1. The van der Waals surface area contributed by atoms with Crippen molar-refractivity contribution in [3.05, 3.63) is 41.4 Å². The molecule has 0 atom stereocenters. The summed E-state index contributed by atoms with van der Waals surface area (Å²) in [5, 5.41) is 0.617. The normalized spacial score (nSPS) is 10.8. The number of nitrogens with one attached hydrogen (secondary N) is 1. The summed E-state index contributed by atoms with van der Waals surface area (Å²) < 4.78 is 10.7. The van der Waals surface area contributed by atoms with E-state index in [0.717, 1.165) is 16.6 Å². The number of benzene rings is 2. The maximum absolute atomic E-state index is 6.15. The van der Waals surface area contributed by atoms with Gasteiger partial charge in [-0.3, -0.25) is 0 Å². The van der Waals surface area contributed by atoms with Gasteiger partial charge in [-0.1, -0.05) is 23.7 Å². The van der Waals surface area contributed by atoms with Crippen molar-refractivity contribution in [2.24, 2.45) is 0 Å². The highest BCUT2D eigenvalue weighted by atomic mass is 35.5. The van der Waals surface area contributed by atoms with Crippen molar-refractivity contribution in [3.8, 4) is 22.9 Å². The number of imidazole rings is 1. The van der Waals surface area contributed by atoms with Gasteiger partial charge in [-0.2, -0.15) is 0 Å². The van der Waals surface area contributed by atoms with Gasteiger partial charge in [0.15, 0.2) is 11.5 Å². The van der Waals surface area contributed by atoms with E-state index in [0.29, 0.717) is 22.3 Å². The number of methoxy groups -OCH3 is 2. The number of para-hydroxylation sites is 2. The fourth-order valence-electron chi connectivity index (χ4n) is 2.20. The van der Waals surface area contributed by atoms with Crippen LogP contribution in [-0.4, -0.2) is 24.2 Å². The topological polar surface area (TPSA) is 47.1 Å². The van der Waals surface area contributed by atoms with Crippen molar-refractivity contribution in [3.63, 3.8) is 0 Å². The van der Waals surface area contributed by atoms with E-state index in [1.165, 1.54) is 0 Å². The molecule has 102 valence electrons. The Kier molecular flexibility index (Phi) is 3.24. The van der Waals surface area contributed by atoms with E-state index in [4.69, 9.17) is 21.1 Å². The number of halogens is 1. The predicted molar refractivity (Wildman–Crippen MR) is 79.6 cm³/mol.